The lowest BCUT2D eigenvalue weighted by molar-refractivity contribution is -0.384. The fourth-order valence-corrected chi connectivity index (χ4v) is 2.23. The Morgan fingerprint density at radius 2 is 1.67 bits per heavy atom. The number of nitrogens with one attached hydrogen (secondary N) is 1. The molecule has 0 bridgehead atoms. The van der Waals surface area contributed by atoms with E-state index >= 15 is 0 Å². The molecule has 110 valence electrons. The van der Waals surface area contributed by atoms with Crippen molar-refractivity contribution in [1.29, 1.82) is 0 Å². The van der Waals surface area contributed by atoms with Crippen molar-refractivity contribution in [2.45, 2.75) is 33.7 Å². The Hall–Kier alpha value is -2.36. The Morgan fingerprint density at radius 1 is 1.00 bits per heavy atom. The fourth-order valence-electron chi connectivity index (χ4n) is 2.23. The van der Waals surface area contributed by atoms with Crippen molar-refractivity contribution in [3.63, 3.8) is 0 Å². The monoisotopic (exact) mass is 284 g/mol. The first-order chi connectivity index (χ1) is 9.88. The molecular weight excluding hydrogens is 264 g/mol. The molecule has 2 aromatic carbocycles. The molecular formula is C17H20N2O2. The summed E-state index contributed by atoms with van der Waals surface area (Å²) >= 11 is 0. The van der Waals surface area contributed by atoms with E-state index < -0.39 is 0 Å². The SMILES string of the molecule is Cc1ccc(C(C)Nc2cc([N+](=O)[O-])ccc2C)cc1C. The van der Waals surface area contributed by atoms with E-state index in [-0.39, 0.29) is 16.7 Å². The lowest BCUT2D eigenvalue weighted by Crippen LogP contribution is -2.08. The van der Waals surface area contributed by atoms with Gasteiger partial charge in [-0.2, -0.15) is 0 Å². The maximum atomic E-state index is 10.9. The largest absolute Gasteiger partial charge is 0.378 e. The lowest BCUT2D eigenvalue weighted by atomic mass is 10.0. The van der Waals surface area contributed by atoms with Gasteiger partial charge in [-0.3, -0.25) is 10.1 Å². The molecule has 0 aromatic heterocycles. The number of nitro benzene ring substituents is 1. The molecule has 0 saturated heterocycles. The number of hydrogen-bond donors (Lipinski definition) is 1. The molecule has 21 heavy (non-hydrogen) atoms. The van der Waals surface area contributed by atoms with Gasteiger partial charge in [0.15, 0.2) is 0 Å². The van der Waals surface area contributed by atoms with Crippen LogP contribution in [0.15, 0.2) is 36.4 Å². The second-order valence-corrected chi connectivity index (χ2v) is 5.47. The molecule has 0 spiro atoms. The summed E-state index contributed by atoms with van der Waals surface area (Å²) in [5, 5.41) is 14.2. The summed E-state index contributed by atoms with van der Waals surface area (Å²) in [7, 11) is 0. The normalized spacial score (nSPS) is 12.0. The lowest BCUT2D eigenvalue weighted by Gasteiger charge is -2.18. The topological polar surface area (TPSA) is 55.2 Å². The van der Waals surface area contributed by atoms with Gasteiger partial charge in [0.1, 0.15) is 0 Å². The van der Waals surface area contributed by atoms with Crippen LogP contribution in [0.3, 0.4) is 0 Å². The van der Waals surface area contributed by atoms with Crippen molar-refractivity contribution in [3.05, 3.63) is 68.8 Å². The molecule has 1 atom stereocenters. The van der Waals surface area contributed by atoms with Gasteiger partial charge >= 0.3 is 0 Å². The van der Waals surface area contributed by atoms with Crippen molar-refractivity contribution in [2.75, 3.05) is 5.32 Å². The third-order valence-electron chi connectivity index (χ3n) is 3.83. The van der Waals surface area contributed by atoms with Crippen molar-refractivity contribution in [2.24, 2.45) is 0 Å². The Bertz CT molecular complexity index is 680. The highest BCUT2D eigenvalue weighted by molar-refractivity contribution is 5.58. The van der Waals surface area contributed by atoms with E-state index in [1.54, 1.807) is 12.1 Å². The first-order valence-electron chi connectivity index (χ1n) is 6.97. The van der Waals surface area contributed by atoms with E-state index in [9.17, 15) is 10.1 Å². The fraction of sp³-hybridized carbons (Fsp3) is 0.294. The predicted octanol–water partition coefficient (Wildman–Crippen LogP) is 4.69. The second-order valence-electron chi connectivity index (χ2n) is 5.47. The van der Waals surface area contributed by atoms with Crippen LogP contribution in [0.1, 0.15) is 35.2 Å². The van der Waals surface area contributed by atoms with Crippen LogP contribution in [0, 0.1) is 30.9 Å². The zero-order chi connectivity index (χ0) is 15.6. The van der Waals surface area contributed by atoms with Crippen LogP contribution in [-0.4, -0.2) is 4.92 Å². The Labute approximate surface area is 125 Å². The quantitative estimate of drug-likeness (QED) is 0.654. The first kappa shape index (κ1) is 15.0. The maximum Gasteiger partial charge on any atom is 0.271 e. The van der Waals surface area contributed by atoms with Crippen molar-refractivity contribution >= 4 is 11.4 Å². The molecule has 0 aliphatic carbocycles. The van der Waals surface area contributed by atoms with Gasteiger partial charge in [0.2, 0.25) is 0 Å². The number of nitro groups is 1. The zero-order valence-corrected chi connectivity index (χ0v) is 12.8. The van der Waals surface area contributed by atoms with Gasteiger partial charge in [-0.1, -0.05) is 24.3 Å². The van der Waals surface area contributed by atoms with E-state index in [0.29, 0.717) is 0 Å². The van der Waals surface area contributed by atoms with E-state index in [1.165, 1.54) is 22.8 Å². The first-order valence-corrected chi connectivity index (χ1v) is 6.97. The third kappa shape index (κ3) is 3.40. The number of aryl methyl sites for hydroxylation is 3. The molecule has 0 aliphatic rings. The molecule has 2 aromatic rings. The van der Waals surface area contributed by atoms with Gasteiger partial charge in [0, 0.05) is 23.9 Å². The summed E-state index contributed by atoms with van der Waals surface area (Å²) in [6.07, 6.45) is 0. The third-order valence-corrected chi connectivity index (χ3v) is 3.83. The molecule has 4 nitrogen and oxygen atoms in total. The molecule has 1 N–H and O–H groups in total. The van der Waals surface area contributed by atoms with Crippen LogP contribution in [0.25, 0.3) is 0 Å². The highest BCUT2D eigenvalue weighted by Gasteiger charge is 2.12. The minimum Gasteiger partial charge on any atom is -0.378 e. The molecule has 0 heterocycles. The summed E-state index contributed by atoms with van der Waals surface area (Å²) in [5.74, 6) is 0. The minimum atomic E-state index is -0.370. The van der Waals surface area contributed by atoms with E-state index in [2.05, 4.69) is 44.3 Å². The van der Waals surface area contributed by atoms with Crippen molar-refractivity contribution in [3.8, 4) is 0 Å². The number of rotatable bonds is 4. The summed E-state index contributed by atoms with van der Waals surface area (Å²) in [6.45, 7) is 8.17. The van der Waals surface area contributed by atoms with Gasteiger partial charge in [0.05, 0.1) is 4.92 Å². The average molecular weight is 284 g/mol. The maximum absolute atomic E-state index is 10.9. The van der Waals surface area contributed by atoms with E-state index in [0.717, 1.165) is 11.3 Å². The molecule has 0 saturated carbocycles. The van der Waals surface area contributed by atoms with Gasteiger partial charge < -0.3 is 5.32 Å². The number of hydrogen-bond acceptors (Lipinski definition) is 3. The van der Waals surface area contributed by atoms with Gasteiger partial charge in [-0.15, -0.1) is 0 Å². The molecule has 0 aliphatic heterocycles. The molecule has 4 heteroatoms. The summed E-state index contributed by atoms with van der Waals surface area (Å²) in [6, 6.07) is 11.3. The van der Waals surface area contributed by atoms with Crippen LogP contribution in [0.5, 0.6) is 0 Å². The number of anilines is 1. The highest BCUT2D eigenvalue weighted by atomic mass is 16.6. The van der Waals surface area contributed by atoms with Crippen LogP contribution >= 0.6 is 0 Å². The van der Waals surface area contributed by atoms with Gasteiger partial charge in [-0.05, 0) is 49.9 Å². The summed E-state index contributed by atoms with van der Waals surface area (Å²) < 4.78 is 0. The molecule has 2 rings (SSSR count). The second kappa shape index (κ2) is 5.95. The molecule has 0 fully saturated rings. The number of nitrogens with zero attached hydrogens (tertiary/aromatic N) is 1. The van der Waals surface area contributed by atoms with Crippen LogP contribution in [0.2, 0.25) is 0 Å². The summed E-state index contributed by atoms with van der Waals surface area (Å²) in [5.41, 5.74) is 5.58. The smallest absolute Gasteiger partial charge is 0.271 e. The van der Waals surface area contributed by atoms with Crippen LogP contribution in [-0.2, 0) is 0 Å². The van der Waals surface area contributed by atoms with Crippen molar-refractivity contribution < 1.29 is 4.92 Å². The Kier molecular flexibility index (Phi) is 4.26. The molecule has 0 amide bonds. The van der Waals surface area contributed by atoms with Gasteiger partial charge in [-0.25, -0.2) is 0 Å². The Balaban J connectivity index is 2.26. The molecule has 0 radical (unpaired) electrons. The summed E-state index contributed by atoms with van der Waals surface area (Å²) in [4.78, 5) is 10.5. The van der Waals surface area contributed by atoms with Gasteiger partial charge in [0.25, 0.3) is 5.69 Å². The average Bonchev–Trinajstić information content (AvgIpc) is 2.43. The minimum absolute atomic E-state index is 0.0880. The van der Waals surface area contributed by atoms with Crippen LogP contribution in [0.4, 0.5) is 11.4 Å². The van der Waals surface area contributed by atoms with Crippen molar-refractivity contribution in [1.82, 2.24) is 0 Å². The van der Waals surface area contributed by atoms with E-state index in [4.69, 9.17) is 0 Å². The molecule has 1 unspecified atom stereocenters. The van der Waals surface area contributed by atoms with Crippen LogP contribution < -0.4 is 5.32 Å². The number of benzene rings is 2. The standard InChI is InChI=1S/C17H20N2O2/c1-11-5-7-15(9-13(11)3)14(4)18-17-10-16(19(20)21)8-6-12(17)2/h5-10,14,18H,1-4H3. The Morgan fingerprint density at radius 3 is 2.29 bits per heavy atom. The highest BCUT2D eigenvalue weighted by Crippen LogP contribution is 2.26. The van der Waals surface area contributed by atoms with E-state index in [1.807, 2.05) is 6.92 Å². The number of non-ortho nitro benzene ring substituents is 1. The zero-order valence-electron chi connectivity index (χ0n) is 12.8. The predicted molar refractivity (Wildman–Crippen MR) is 85.8 cm³/mol.